The number of aliphatic hydroxyl groups excluding tert-OH is 1. The minimum atomic E-state index is -0.279. The van der Waals surface area contributed by atoms with Gasteiger partial charge in [-0.25, -0.2) is 4.39 Å². The zero-order valence-electron chi connectivity index (χ0n) is 24.9. The molecule has 1 heterocycles. The largest absolute Gasteiger partial charge is 0.394 e. The van der Waals surface area contributed by atoms with E-state index in [1.54, 1.807) is 26.8 Å². The summed E-state index contributed by atoms with van der Waals surface area (Å²) in [7, 11) is 0. The number of rotatable bonds is 9. The van der Waals surface area contributed by atoms with Gasteiger partial charge in [0.25, 0.3) is 0 Å². The molecule has 2 aliphatic rings. The van der Waals surface area contributed by atoms with Crippen LogP contribution in [0.5, 0.6) is 0 Å². The van der Waals surface area contributed by atoms with E-state index in [1.807, 2.05) is 26.8 Å². The molecule has 0 saturated carbocycles. The van der Waals surface area contributed by atoms with Crippen LogP contribution in [0, 0.1) is 30.0 Å². The van der Waals surface area contributed by atoms with E-state index in [-0.39, 0.29) is 53.4 Å². The van der Waals surface area contributed by atoms with Crippen molar-refractivity contribution in [1.82, 2.24) is 0 Å². The van der Waals surface area contributed by atoms with Gasteiger partial charge >= 0.3 is 0 Å². The number of carbonyl (C=O) groups is 2. The smallest absolute Gasteiger partial charge is 0.159 e. The Bertz CT molecular complexity index is 906. The van der Waals surface area contributed by atoms with Crippen molar-refractivity contribution in [1.29, 1.82) is 0 Å². The van der Waals surface area contributed by atoms with Crippen LogP contribution in [0.25, 0.3) is 5.57 Å². The van der Waals surface area contributed by atoms with Crippen molar-refractivity contribution in [2.75, 3.05) is 19.8 Å². The minimum absolute atomic E-state index is 0.127. The van der Waals surface area contributed by atoms with Gasteiger partial charge in [-0.05, 0) is 88.0 Å². The number of Topliss-reactive ketones (excluding diaryl/α,β-unsaturated/α-hetero) is 2. The van der Waals surface area contributed by atoms with Crippen molar-refractivity contribution >= 4 is 17.1 Å². The molecule has 1 aliphatic heterocycles. The number of carbonyl (C=O) groups excluding carboxylic acids is 2. The molecule has 3 rings (SSSR count). The van der Waals surface area contributed by atoms with Gasteiger partial charge in [-0.1, -0.05) is 45.9 Å². The van der Waals surface area contributed by atoms with Crippen LogP contribution in [-0.2, 0) is 19.1 Å². The number of halogens is 1. The van der Waals surface area contributed by atoms with Crippen LogP contribution < -0.4 is 0 Å². The summed E-state index contributed by atoms with van der Waals surface area (Å²) < 4.78 is 25.9. The molecule has 0 bridgehead atoms. The van der Waals surface area contributed by atoms with Gasteiger partial charge in [0.1, 0.15) is 18.2 Å². The molecule has 1 saturated heterocycles. The SMILES string of the molecule is CC.CC(=O)CC(C)CC1(C(C)COC2CC=C(c3cccc(F)c3C)CC2)COCC(=O)C1.CC(C)O. The van der Waals surface area contributed by atoms with E-state index >= 15 is 0 Å². The summed E-state index contributed by atoms with van der Waals surface area (Å²) in [6.07, 6.45) is 6.52. The Morgan fingerprint density at radius 3 is 2.45 bits per heavy atom. The van der Waals surface area contributed by atoms with Crippen molar-refractivity contribution in [3.8, 4) is 0 Å². The molecule has 6 heteroatoms. The van der Waals surface area contributed by atoms with Crippen molar-refractivity contribution < 1.29 is 28.6 Å². The van der Waals surface area contributed by atoms with Gasteiger partial charge in [-0.15, -0.1) is 0 Å². The molecule has 1 fully saturated rings. The van der Waals surface area contributed by atoms with Gasteiger partial charge in [0, 0.05) is 24.4 Å². The van der Waals surface area contributed by atoms with Crippen molar-refractivity contribution in [2.24, 2.45) is 17.3 Å². The fourth-order valence-electron chi connectivity index (χ4n) is 5.39. The molecule has 1 aliphatic carbocycles. The van der Waals surface area contributed by atoms with Crippen LogP contribution in [0.1, 0.15) is 98.1 Å². The van der Waals surface area contributed by atoms with E-state index in [4.69, 9.17) is 14.6 Å². The Morgan fingerprint density at radius 2 is 1.89 bits per heavy atom. The highest BCUT2D eigenvalue weighted by Crippen LogP contribution is 2.42. The van der Waals surface area contributed by atoms with Crippen LogP contribution in [0.4, 0.5) is 4.39 Å². The van der Waals surface area contributed by atoms with Gasteiger partial charge in [0.2, 0.25) is 0 Å². The topological polar surface area (TPSA) is 72.8 Å². The average Bonchev–Trinajstić information content (AvgIpc) is 2.85. The Balaban J connectivity index is 0.00000110. The number of benzene rings is 1. The van der Waals surface area contributed by atoms with E-state index < -0.39 is 0 Å². The molecular weight excluding hydrogens is 483 g/mol. The zero-order chi connectivity index (χ0) is 28.9. The second kappa shape index (κ2) is 16.9. The van der Waals surface area contributed by atoms with Crippen LogP contribution in [-0.4, -0.2) is 48.7 Å². The lowest BCUT2D eigenvalue weighted by molar-refractivity contribution is -0.143. The molecule has 0 aromatic heterocycles. The highest BCUT2D eigenvalue weighted by atomic mass is 19.1. The van der Waals surface area contributed by atoms with E-state index in [0.29, 0.717) is 31.6 Å². The first-order chi connectivity index (χ1) is 17.9. The summed E-state index contributed by atoms with van der Waals surface area (Å²) >= 11 is 0. The number of ether oxygens (including phenoxy) is 2. The van der Waals surface area contributed by atoms with Crippen LogP contribution in [0.2, 0.25) is 0 Å². The minimum Gasteiger partial charge on any atom is -0.394 e. The number of aliphatic hydroxyl groups is 1. The van der Waals surface area contributed by atoms with Crippen LogP contribution >= 0.6 is 0 Å². The predicted octanol–water partition coefficient (Wildman–Crippen LogP) is 7.12. The molecule has 4 atom stereocenters. The number of allylic oxidation sites excluding steroid dienone is 1. The number of hydrogen-bond acceptors (Lipinski definition) is 5. The first-order valence-corrected chi connectivity index (χ1v) is 14.3. The molecule has 4 unspecified atom stereocenters. The molecule has 1 aromatic rings. The van der Waals surface area contributed by atoms with E-state index in [9.17, 15) is 14.0 Å². The van der Waals surface area contributed by atoms with Gasteiger partial charge < -0.3 is 19.4 Å². The maximum absolute atomic E-state index is 13.9. The molecule has 1 N–H and O–H groups in total. The van der Waals surface area contributed by atoms with Crippen molar-refractivity contribution in [3.05, 3.63) is 41.2 Å². The predicted molar refractivity (Wildman–Crippen MR) is 153 cm³/mol. The normalized spacial score (nSPS) is 22.9. The Hall–Kier alpha value is -1.89. The summed E-state index contributed by atoms with van der Waals surface area (Å²) in [5.41, 5.74) is 2.61. The highest BCUT2D eigenvalue weighted by Gasteiger charge is 2.42. The number of ketones is 2. The van der Waals surface area contributed by atoms with Gasteiger partial charge in [0.05, 0.1) is 19.3 Å². The quantitative estimate of drug-likeness (QED) is 0.365. The summed E-state index contributed by atoms with van der Waals surface area (Å²) in [5, 5.41) is 8.06. The summed E-state index contributed by atoms with van der Waals surface area (Å²) in [5.74, 6) is 0.507. The van der Waals surface area contributed by atoms with Gasteiger partial charge in [-0.3, -0.25) is 4.79 Å². The lowest BCUT2D eigenvalue weighted by Crippen LogP contribution is -2.45. The lowest BCUT2D eigenvalue weighted by atomic mass is 9.67. The van der Waals surface area contributed by atoms with Crippen LogP contribution in [0.3, 0.4) is 0 Å². The summed E-state index contributed by atoms with van der Waals surface area (Å²) in [4.78, 5) is 23.8. The third kappa shape index (κ3) is 11.1. The van der Waals surface area contributed by atoms with Crippen molar-refractivity contribution in [3.63, 3.8) is 0 Å². The maximum atomic E-state index is 13.9. The Morgan fingerprint density at radius 1 is 1.24 bits per heavy atom. The summed E-state index contributed by atoms with van der Waals surface area (Å²) in [6, 6.07) is 5.25. The first-order valence-electron chi connectivity index (χ1n) is 14.3. The van der Waals surface area contributed by atoms with Crippen molar-refractivity contribution in [2.45, 2.75) is 106 Å². The second-order valence-corrected chi connectivity index (χ2v) is 11.2. The average molecular weight is 535 g/mol. The van der Waals surface area contributed by atoms with Gasteiger partial charge in [-0.2, -0.15) is 0 Å². The molecule has 5 nitrogen and oxygen atoms in total. The van der Waals surface area contributed by atoms with Crippen LogP contribution in [0.15, 0.2) is 24.3 Å². The lowest BCUT2D eigenvalue weighted by Gasteiger charge is -2.43. The van der Waals surface area contributed by atoms with E-state index in [0.717, 1.165) is 31.2 Å². The number of hydrogen-bond donors (Lipinski definition) is 1. The molecule has 0 radical (unpaired) electrons. The standard InChI is InChI=1S/C27H37FO4.C3H8O.C2H6/c1-18(12-20(3)29)13-27(14-23(30)16-31-17-27)19(2)15-32-24-10-8-22(9-11-24)25-6-5-7-26(28)21(25)4;1-3(2)4;1-2/h5-8,18-19,24H,9-17H2,1-4H3;3-4H,1-2H3;1-2H3. The van der Waals surface area contributed by atoms with Gasteiger partial charge in [0.15, 0.2) is 5.78 Å². The third-order valence-electron chi connectivity index (χ3n) is 7.20. The molecule has 1 aromatic carbocycles. The zero-order valence-corrected chi connectivity index (χ0v) is 24.9. The molecule has 216 valence electrons. The van der Waals surface area contributed by atoms with E-state index in [1.165, 1.54) is 11.6 Å². The second-order valence-electron chi connectivity index (χ2n) is 11.2. The first kappa shape index (κ1) is 34.1. The third-order valence-corrected chi connectivity index (χ3v) is 7.20. The Kier molecular flexibility index (Phi) is 15.2. The fraction of sp³-hybridized carbons (Fsp3) is 0.688. The molecule has 0 amide bonds. The highest BCUT2D eigenvalue weighted by molar-refractivity contribution is 5.81. The maximum Gasteiger partial charge on any atom is 0.159 e. The summed E-state index contributed by atoms with van der Waals surface area (Å²) in [6.45, 7) is 16.4. The molecule has 38 heavy (non-hydrogen) atoms. The molecular formula is C32H51FO5. The molecule has 0 spiro atoms. The van der Waals surface area contributed by atoms with E-state index in [2.05, 4.69) is 19.9 Å². The Labute approximate surface area is 230 Å². The monoisotopic (exact) mass is 534 g/mol. The fourth-order valence-corrected chi connectivity index (χ4v) is 5.39.